The number of primary amides is 1. The van der Waals surface area contributed by atoms with Crippen molar-refractivity contribution < 1.29 is 23.5 Å². The van der Waals surface area contributed by atoms with Gasteiger partial charge in [0.1, 0.15) is 11.5 Å². The van der Waals surface area contributed by atoms with E-state index >= 15 is 0 Å². The second-order valence-electron chi connectivity index (χ2n) is 4.60. The van der Waals surface area contributed by atoms with Gasteiger partial charge in [0.05, 0.1) is 18.4 Å². The fraction of sp³-hybridized carbons (Fsp3) is 0.133. The van der Waals surface area contributed by atoms with Crippen molar-refractivity contribution in [3.05, 3.63) is 52.9 Å². The van der Waals surface area contributed by atoms with Crippen molar-refractivity contribution in [2.24, 2.45) is 5.73 Å². The van der Waals surface area contributed by atoms with E-state index in [1.165, 1.54) is 24.5 Å². The fourth-order valence-electron chi connectivity index (χ4n) is 1.75. The fourth-order valence-corrected chi connectivity index (χ4v) is 1.91. The summed E-state index contributed by atoms with van der Waals surface area (Å²) in [5, 5.41) is 4.82. The standard InChI is InChI=1S/C15H14ClN3O5/c16-9-3-4-11(14(17)21)12(6-9)24-8-13(20)19-15(22)18-7-10-2-1-5-23-10/h1-6H,7-8H2,(H2,17,21)(H2,18,19,20,22). The number of benzene rings is 1. The Bertz CT molecular complexity index is 746. The number of hydrogen-bond acceptors (Lipinski definition) is 5. The molecule has 0 fully saturated rings. The third-order valence-electron chi connectivity index (χ3n) is 2.82. The van der Waals surface area contributed by atoms with Gasteiger partial charge in [0.25, 0.3) is 11.8 Å². The van der Waals surface area contributed by atoms with Crippen LogP contribution in [0.5, 0.6) is 5.75 Å². The minimum atomic E-state index is -0.724. The van der Waals surface area contributed by atoms with Gasteiger partial charge in [-0.2, -0.15) is 0 Å². The van der Waals surface area contributed by atoms with Crippen molar-refractivity contribution in [3.63, 3.8) is 0 Å². The third-order valence-corrected chi connectivity index (χ3v) is 3.06. The van der Waals surface area contributed by atoms with Crippen LogP contribution in [-0.4, -0.2) is 24.5 Å². The minimum Gasteiger partial charge on any atom is -0.483 e. The number of imide groups is 1. The molecule has 4 amide bonds. The molecule has 0 atom stereocenters. The summed E-state index contributed by atoms with van der Waals surface area (Å²) in [6.45, 7) is -0.359. The zero-order valence-electron chi connectivity index (χ0n) is 12.4. The maximum atomic E-state index is 11.7. The molecule has 0 aliphatic rings. The molecule has 4 N–H and O–H groups in total. The summed E-state index contributed by atoms with van der Waals surface area (Å²) < 4.78 is 10.2. The van der Waals surface area contributed by atoms with Gasteiger partial charge >= 0.3 is 6.03 Å². The van der Waals surface area contributed by atoms with E-state index in [9.17, 15) is 14.4 Å². The first-order valence-corrected chi connectivity index (χ1v) is 7.15. The molecule has 0 radical (unpaired) electrons. The second-order valence-corrected chi connectivity index (χ2v) is 5.04. The van der Waals surface area contributed by atoms with Gasteiger partial charge in [0.15, 0.2) is 6.61 Å². The van der Waals surface area contributed by atoms with Crippen molar-refractivity contribution in [2.75, 3.05) is 6.61 Å². The van der Waals surface area contributed by atoms with E-state index < -0.39 is 24.5 Å². The normalized spacial score (nSPS) is 10.0. The van der Waals surface area contributed by atoms with E-state index in [1.807, 2.05) is 0 Å². The Balaban J connectivity index is 1.83. The molecule has 0 spiro atoms. The summed E-state index contributed by atoms with van der Waals surface area (Å²) in [5.41, 5.74) is 5.28. The molecule has 0 bridgehead atoms. The number of furan rings is 1. The largest absolute Gasteiger partial charge is 0.483 e. The highest BCUT2D eigenvalue weighted by molar-refractivity contribution is 6.30. The van der Waals surface area contributed by atoms with E-state index in [1.54, 1.807) is 12.1 Å². The van der Waals surface area contributed by atoms with Crippen LogP contribution in [0.3, 0.4) is 0 Å². The number of rotatable bonds is 6. The Hall–Kier alpha value is -3.00. The number of carbonyl (C=O) groups is 3. The van der Waals surface area contributed by atoms with Crippen LogP contribution in [0.15, 0.2) is 41.0 Å². The van der Waals surface area contributed by atoms with Crippen molar-refractivity contribution in [1.82, 2.24) is 10.6 Å². The Labute approximate surface area is 141 Å². The van der Waals surface area contributed by atoms with E-state index in [0.29, 0.717) is 10.8 Å². The lowest BCUT2D eigenvalue weighted by Gasteiger charge is -2.10. The van der Waals surface area contributed by atoms with Crippen molar-refractivity contribution >= 4 is 29.4 Å². The van der Waals surface area contributed by atoms with Crippen molar-refractivity contribution in [3.8, 4) is 5.75 Å². The predicted octanol–water partition coefficient (Wildman–Crippen LogP) is 1.44. The predicted molar refractivity (Wildman–Crippen MR) is 84.6 cm³/mol. The Morgan fingerprint density at radius 1 is 1.25 bits per heavy atom. The van der Waals surface area contributed by atoms with Crippen LogP contribution in [-0.2, 0) is 11.3 Å². The molecule has 2 aromatic rings. The molecule has 0 aliphatic carbocycles. The lowest BCUT2D eigenvalue weighted by molar-refractivity contribution is -0.122. The van der Waals surface area contributed by atoms with Gasteiger partial charge in [-0.1, -0.05) is 11.6 Å². The van der Waals surface area contributed by atoms with Gasteiger partial charge in [-0.15, -0.1) is 0 Å². The molecule has 1 aromatic heterocycles. The number of hydrogen-bond donors (Lipinski definition) is 3. The molecular weight excluding hydrogens is 338 g/mol. The highest BCUT2D eigenvalue weighted by atomic mass is 35.5. The molecule has 9 heteroatoms. The SMILES string of the molecule is NC(=O)c1ccc(Cl)cc1OCC(=O)NC(=O)NCc1ccco1. The first-order valence-electron chi connectivity index (χ1n) is 6.78. The number of amides is 4. The van der Waals surface area contributed by atoms with Crippen LogP contribution >= 0.6 is 11.6 Å². The van der Waals surface area contributed by atoms with Crippen LogP contribution in [0, 0.1) is 0 Å². The molecule has 2 rings (SSSR count). The van der Waals surface area contributed by atoms with E-state index in [4.69, 9.17) is 26.5 Å². The lowest BCUT2D eigenvalue weighted by atomic mass is 10.2. The molecule has 126 valence electrons. The average Bonchev–Trinajstić information content (AvgIpc) is 3.04. The lowest BCUT2D eigenvalue weighted by Crippen LogP contribution is -2.41. The van der Waals surface area contributed by atoms with Crippen LogP contribution in [0.1, 0.15) is 16.1 Å². The molecule has 0 saturated heterocycles. The number of nitrogens with two attached hydrogens (primary N) is 1. The summed E-state index contributed by atoms with van der Waals surface area (Å²) in [4.78, 5) is 34.5. The van der Waals surface area contributed by atoms with Gasteiger partial charge in [0, 0.05) is 5.02 Å². The molecule has 0 saturated carbocycles. The third kappa shape index (κ3) is 5.03. The quantitative estimate of drug-likeness (QED) is 0.726. The highest BCUT2D eigenvalue weighted by Crippen LogP contribution is 2.22. The van der Waals surface area contributed by atoms with Crippen LogP contribution < -0.4 is 21.1 Å². The van der Waals surface area contributed by atoms with Crippen LogP contribution in [0.25, 0.3) is 0 Å². The van der Waals surface area contributed by atoms with Gasteiger partial charge in [-0.05, 0) is 30.3 Å². The Morgan fingerprint density at radius 2 is 2.04 bits per heavy atom. The smallest absolute Gasteiger partial charge is 0.321 e. The maximum absolute atomic E-state index is 11.7. The number of urea groups is 1. The summed E-state index contributed by atoms with van der Waals surface area (Å²) in [6.07, 6.45) is 1.47. The van der Waals surface area contributed by atoms with Gasteiger partial charge in [-0.25, -0.2) is 4.79 Å². The van der Waals surface area contributed by atoms with Crippen molar-refractivity contribution in [2.45, 2.75) is 6.54 Å². The molecule has 0 unspecified atom stereocenters. The Kier molecular flexibility index (Phi) is 5.80. The zero-order valence-corrected chi connectivity index (χ0v) is 13.1. The number of halogens is 1. The summed E-state index contributed by atoms with van der Waals surface area (Å²) >= 11 is 5.81. The molecular formula is C15H14ClN3O5. The Morgan fingerprint density at radius 3 is 2.71 bits per heavy atom. The molecule has 24 heavy (non-hydrogen) atoms. The molecule has 8 nitrogen and oxygen atoms in total. The first kappa shape index (κ1) is 17.4. The van der Waals surface area contributed by atoms with Gasteiger partial charge in [0.2, 0.25) is 0 Å². The first-order chi connectivity index (χ1) is 11.5. The van der Waals surface area contributed by atoms with Gasteiger partial charge in [-0.3, -0.25) is 14.9 Å². The van der Waals surface area contributed by atoms with Crippen LogP contribution in [0.4, 0.5) is 4.79 Å². The zero-order chi connectivity index (χ0) is 17.5. The summed E-state index contributed by atoms with van der Waals surface area (Å²) in [6, 6.07) is 6.85. The van der Waals surface area contributed by atoms with E-state index in [0.717, 1.165) is 0 Å². The van der Waals surface area contributed by atoms with Gasteiger partial charge < -0.3 is 20.2 Å². The summed E-state index contributed by atoms with van der Waals surface area (Å²) in [7, 11) is 0. The molecule has 0 aliphatic heterocycles. The topological polar surface area (TPSA) is 124 Å². The second kappa shape index (κ2) is 8.02. The highest BCUT2D eigenvalue weighted by Gasteiger charge is 2.13. The average molecular weight is 352 g/mol. The number of carbonyl (C=O) groups excluding carboxylic acids is 3. The molecule has 1 aromatic carbocycles. The monoisotopic (exact) mass is 351 g/mol. The van der Waals surface area contributed by atoms with E-state index in [2.05, 4.69) is 10.6 Å². The number of ether oxygens (including phenoxy) is 1. The van der Waals surface area contributed by atoms with Crippen LogP contribution in [0.2, 0.25) is 5.02 Å². The number of nitrogens with one attached hydrogen (secondary N) is 2. The molecule has 1 heterocycles. The summed E-state index contributed by atoms with van der Waals surface area (Å²) in [5.74, 6) is -0.833. The minimum absolute atomic E-state index is 0.0566. The van der Waals surface area contributed by atoms with Crippen molar-refractivity contribution in [1.29, 1.82) is 0 Å². The van der Waals surface area contributed by atoms with E-state index in [-0.39, 0.29) is 17.9 Å². The maximum Gasteiger partial charge on any atom is 0.321 e.